The maximum Gasteiger partial charge on any atom is 0.243 e. The van der Waals surface area contributed by atoms with Gasteiger partial charge < -0.3 is 10.2 Å². The molecule has 1 aliphatic carbocycles. The number of benzene rings is 1. The van der Waals surface area contributed by atoms with E-state index >= 15 is 0 Å². The number of hydrogen-bond donors (Lipinski definition) is 1. The van der Waals surface area contributed by atoms with E-state index < -0.39 is 10.0 Å². The SMILES string of the molecule is O=C(NCC(=O)N1CCN(S(=O)(=O)c2ccccc2)CC1)C1CCCCC1. The van der Waals surface area contributed by atoms with Crippen molar-refractivity contribution in [3.05, 3.63) is 30.3 Å². The lowest BCUT2D eigenvalue weighted by molar-refractivity contribution is -0.135. The van der Waals surface area contributed by atoms with E-state index in [1.807, 2.05) is 0 Å². The van der Waals surface area contributed by atoms with Crippen molar-refractivity contribution in [3.8, 4) is 0 Å². The topological polar surface area (TPSA) is 86.8 Å². The van der Waals surface area contributed by atoms with E-state index in [0.717, 1.165) is 25.7 Å². The van der Waals surface area contributed by atoms with Gasteiger partial charge in [0.05, 0.1) is 11.4 Å². The second-order valence-corrected chi connectivity index (χ2v) is 9.09. The first-order valence-corrected chi connectivity index (χ1v) is 11.0. The molecule has 1 N–H and O–H groups in total. The Kier molecular flexibility index (Phi) is 6.49. The van der Waals surface area contributed by atoms with Gasteiger partial charge in [-0.25, -0.2) is 8.42 Å². The van der Waals surface area contributed by atoms with E-state index in [1.165, 1.54) is 10.7 Å². The molecule has 1 saturated carbocycles. The van der Waals surface area contributed by atoms with Gasteiger partial charge in [0.2, 0.25) is 21.8 Å². The van der Waals surface area contributed by atoms with E-state index in [1.54, 1.807) is 35.2 Å². The molecule has 1 aliphatic heterocycles. The Morgan fingerprint density at radius 2 is 1.59 bits per heavy atom. The van der Waals surface area contributed by atoms with Crippen molar-refractivity contribution in [3.63, 3.8) is 0 Å². The molecule has 27 heavy (non-hydrogen) atoms. The van der Waals surface area contributed by atoms with Gasteiger partial charge in [0.15, 0.2) is 0 Å². The summed E-state index contributed by atoms with van der Waals surface area (Å²) in [6.45, 7) is 1.19. The molecular formula is C19H27N3O4S. The van der Waals surface area contributed by atoms with Gasteiger partial charge in [0, 0.05) is 32.1 Å². The average molecular weight is 394 g/mol. The van der Waals surface area contributed by atoms with E-state index in [9.17, 15) is 18.0 Å². The third-order valence-electron chi connectivity index (χ3n) is 5.36. The largest absolute Gasteiger partial charge is 0.347 e. The maximum absolute atomic E-state index is 12.6. The molecule has 0 radical (unpaired) electrons. The van der Waals surface area contributed by atoms with Crippen LogP contribution in [-0.2, 0) is 19.6 Å². The zero-order valence-corrected chi connectivity index (χ0v) is 16.3. The summed E-state index contributed by atoms with van der Waals surface area (Å²) in [5.41, 5.74) is 0. The lowest BCUT2D eigenvalue weighted by Crippen LogP contribution is -2.52. The number of carbonyl (C=O) groups is 2. The Balaban J connectivity index is 1.47. The molecule has 0 atom stereocenters. The van der Waals surface area contributed by atoms with Crippen LogP contribution in [0.25, 0.3) is 0 Å². The van der Waals surface area contributed by atoms with Gasteiger partial charge in [-0.3, -0.25) is 9.59 Å². The van der Waals surface area contributed by atoms with Crippen LogP contribution in [-0.4, -0.2) is 62.2 Å². The van der Waals surface area contributed by atoms with Crippen molar-refractivity contribution in [2.45, 2.75) is 37.0 Å². The number of piperazine rings is 1. The third-order valence-corrected chi connectivity index (χ3v) is 7.28. The van der Waals surface area contributed by atoms with Crippen LogP contribution in [0.15, 0.2) is 35.2 Å². The molecule has 0 unspecified atom stereocenters. The molecule has 2 amide bonds. The van der Waals surface area contributed by atoms with Gasteiger partial charge in [-0.1, -0.05) is 37.5 Å². The van der Waals surface area contributed by atoms with Gasteiger partial charge in [-0.2, -0.15) is 4.31 Å². The number of nitrogens with one attached hydrogen (secondary N) is 1. The number of sulfonamides is 1. The average Bonchev–Trinajstić information content (AvgIpc) is 2.73. The maximum atomic E-state index is 12.6. The highest BCUT2D eigenvalue weighted by atomic mass is 32.2. The van der Waals surface area contributed by atoms with Gasteiger partial charge in [-0.15, -0.1) is 0 Å². The number of nitrogens with zero attached hydrogens (tertiary/aromatic N) is 2. The monoisotopic (exact) mass is 393 g/mol. The number of hydrogen-bond acceptors (Lipinski definition) is 4. The number of rotatable bonds is 5. The van der Waals surface area contributed by atoms with Crippen LogP contribution in [0.3, 0.4) is 0 Å². The molecule has 0 spiro atoms. The van der Waals surface area contributed by atoms with Gasteiger partial charge in [0.25, 0.3) is 0 Å². The van der Waals surface area contributed by atoms with Crippen LogP contribution in [0.1, 0.15) is 32.1 Å². The summed E-state index contributed by atoms with van der Waals surface area (Å²) in [6.07, 6.45) is 5.12. The first-order valence-electron chi connectivity index (χ1n) is 9.59. The zero-order valence-electron chi connectivity index (χ0n) is 15.5. The predicted octanol–water partition coefficient (Wildman–Crippen LogP) is 1.22. The molecule has 0 bridgehead atoms. The standard InChI is InChI=1S/C19H27N3O4S/c23-18(15-20-19(24)16-7-3-1-4-8-16)21-11-13-22(14-12-21)27(25,26)17-9-5-2-6-10-17/h2,5-6,9-10,16H,1,3-4,7-8,11-15H2,(H,20,24). The summed E-state index contributed by atoms with van der Waals surface area (Å²) in [7, 11) is -3.53. The fourth-order valence-electron chi connectivity index (χ4n) is 3.70. The molecular weight excluding hydrogens is 366 g/mol. The van der Waals surface area contributed by atoms with Gasteiger partial charge in [0.1, 0.15) is 0 Å². The highest BCUT2D eigenvalue weighted by Crippen LogP contribution is 2.23. The second kappa shape index (κ2) is 8.84. The van der Waals surface area contributed by atoms with Crippen molar-refractivity contribution < 1.29 is 18.0 Å². The quantitative estimate of drug-likeness (QED) is 0.815. The molecule has 1 heterocycles. The molecule has 2 fully saturated rings. The molecule has 1 aromatic rings. The van der Waals surface area contributed by atoms with Crippen molar-refractivity contribution in [1.29, 1.82) is 0 Å². The Bertz CT molecular complexity index is 752. The zero-order chi connectivity index (χ0) is 19.3. The van der Waals surface area contributed by atoms with Crippen LogP contribution >= 0.6 is 0 Å². The molecule has 2 aliphatic rings. The Hall–Kier alpha value is -1.93. The Labute approximate surface area is 160 Å². The Morgan fingerprint density at radius 1 is 0.963 bits per heavy atom. The first kappa shape index (κ1) is 19.8. The fourth-order valence-corrected chi connectivity index (χ4v) is 5.15. The molecule has 1 aromatic carbocycles. The molecule has 1 saturated heterocycles. The molecule has 3 rings (SSSR count). The molecule has 148 valence electrons. The summed E-state index contributed by atoms with van der Waals surface area (Å²) in [5.74, 6) is -0.163. The summed E-state index contributed by atoms with van der Waals surface area (Å²) in [6, 6.07) is 8.32. The minimum atomic E-state index is -3.53. The minimum Gasteiger partial charge on any atom is -0.347 e. The van der Waals surface area contributed by atoms with Crippen molar-refractivity contribution in [2.24, 2.45) is 5.92 Å². The Morgan fingerprint density at radius 3 is 2.22 bits per heavy atom. The van der Waals surface area contributed by atoms with Crippen LogP contribution < -0.4 is 5.32 Å². The summed E-state index contributed by atoms with van der Waals surface area (Å²) < 4.78 is 26.6. The van der Waals surface area contributed by atoms with Gasteiger partial charge >= 0.3 is 0 Å². The minimum absolute atomic E-state index is 0.0131. The highest BCUT2D eigenvalue weighted by molar-refractivity contribution is 7.89. The lowest BCUT2D eigenvalue weighted by Gasteiger charge is -2.34. The molecule has 7 nitrogen and oxygen atoms in total. The van der Waals surface area contributed by atoms with E-state index in [-0.39, 0.29) is 42.3 Å². The normalized spacial score (nSPS) is 19.6. The third kappa shape index (κ3) is 4.87. The van der Waals surface area contributed by atoms with Crippen LogP contribution in [0.2, 0.25) is 0 Å². The van der Waals surface area contributed by atoms with Crippen molar-refractivity contribution in [1.82, 2.24) is 14.5 Å². The highest BCUT2D eigenvalue weighted by Gasteiger charge is 2.30. The molecule has 0 aromatic heterocycles. The summed E-state index contributed by atoms with van der Waals surface area (Å²) >= 11 is 0. The van der Waals surface area contributed by atoms with E-state index in [0.29, 0.717) is 13.1 Å². The number of carbonyl (C=O) groups excluding carboxylic acids is 2. The van der Waals surface area contributed by atoms with Crippen molar-refractivity contribution >= 4 is 21.8 Å². The smallest absolute Gasteiger partial charge is 0.243 e. The van der Waals surface area contributed by atoms with Crippen molar-refractivity contribution in [2.75, 3.05) is 32.7 Å². The second-order valence-electron chi connectivity index (χ2n) is 7.15. The summed E-state index contributed by atoms with van der Waals surface area (Å²) in [4.78, 5) is 26.4. The van der Waals surface area contributed by atoms with E-state index in [2.05, 4.69) is 5.32 Å². The molecule has 8 heteroatoms. The summed E-state index contributed by atoms with van der Waals surface area (Å²) in [5, 5.41) is 2.75. The van der Waals surface area contributed by atoms with Crippen LogP contribution in [0, 0.1) is 5.92 Å². The fraction of sp³-hybridized carbons (Fsp3) is 0.579. The van der Waals surface area contributed by atoms with E-state index in [4.69, 9.17) is 0 Å². The van der Waals surface area contributed by atoms with Crippen LogP contribution in [0.5, 0.6) is 0 Å². The lowest BCUT2D eigenvalue weighted by atomic mass is 9.89. The number of amides is 2. The van der Waals surface area contributed by atoms with Gasteiger partial charge in [-0.05, 0) is 25.0 Å². The first-order chi connectivity index (χ1) is 13.0. The van der Waals surface area contributed by atoms with Crippen LogP contribution in [0.4, 0.5) is 0 Å². The predicted molar refractivity (Wildman–Crippen MR) is 101 cm³/mol.